The summed E-state index contributed by atoms with van der Waals surface area (Å²) in [5.74, 6) is 0.206. The Kier molecular flexibility index (Phi) is 6.14. The Bertz CT molecular complexity index is 335. The number of aromatic amines is 1. The summed E-state index contributed by atoms with van der Waals surface area (Å²) in [6.45, 7) is 2.92. The number of unbranched alkanes of at least 4 members (excludes halogenated alkanes) is 5. The number of carbonyl (C=O) groups excluding carboxylic acids is 1. The van der Waals surface area contributed by atoms with Gasteiger partial charge in [0.05, 0.1) is 0 Å². The van der Waals surface area contributed by atoms with Gasteiger partial charge in [0.2, 0.25) is 0 Å². The average molecular weight is 238 g/mol. The van der Waals surface area contributed by atoms with Gasteiger partial charge in [-0.1, -0.05) is 39.0 Å². The van der Waals surface area contributed by atoms with E-state index in [-0.39, 0.29) is 5.91 Å². The molecule has 0 radical (unpaired) electrons. The summed E-state index contributed by atoms with van der Waals surface area (Å²) in [7, 11) is 0. The summed E-state index contributed by atoms with van der Waals surface area (Å²) in [6, 6.07) is 1.54. The standard InChI is InChI=1S/C12H22N4O/c1-2-3-4-5-6-7-8-14-12(17)10-9-11(13)16-15-10/h9H,2-8H2,1H3,(H,14,17)(H3,13,15,16). The summed E-state index contributed by atoms with van der Waals surface area (Å²) >= 11 is 0. The second-order valence-corrected chi connectivity index (χ2v) is 4.23. The zero-order chi connectivity index (χ0) is 12.5. The van der Waals surface area contributed by atoms with Crippen LogP contribution < -0.4 is 11.1 Å². The molecule has 0 saturated carbocycles. The second kappa shape index (κ2) is 7.70. The van der Waals surface area contributed by atoms with Gasteiger partial charge >= 0.3 is 0 Å². The molecule has 17 heavy (non-hydrogen) atoms. The first-order valence-electron chi connectivity index (χ1n) is 6.33. The van der Waals surface area contributed by atoms with Gasteiger partial charge in [-0.2, -0.15) is 5.10 Å². The van der Waals surface area contributed by atoms with Gasteiger partial charge in [-0.25, -0.2) is 0 Å². The lowest BCUT2D eigenvalue weighted by Crippen LogP contribution is -2.24. The third kappa shape index (κ3) is 5.38. The van der Waals surface area contributed by atoms with Gasteiger partial charge < -0.3 is 11.1 Å². The highest BCUT2D eigenvalue weighted by Crippen LogP contribution is 2.04. The van der Waals surface area contributed by atoms with Gasteiger partial charge in [-0.05, 0) is 6.42 Å². The van der Waals surface area contributed by atoms with Crippen molar-refractivity contribution < 1.29 is 4.79 Å². The number of nitrogens with zero attached hydrogens (tertiary/aromatic N) is 1. The predicted octanol–water partition coefficient (Wildman–Crippen LogP) is 2.08. The first kappa shape index (κ1) is 13.5. The number of rotatable bonds is 8. The van der Waals surface area contributed by atoms with Gasteiger partial charge in [0.1, 0.15) is 11.5 Å². The topological polar surface area (TPSA) is 83.8 Å². The fraction of sp³-hybridized carbons (Fsp3) is 0.667. The lowest BCUT2D eigenvalue weighted by Gasteiger charge is -2.03. The zero-order valence-corrected chi connectivity index (χ0v) is 10.5. The molecule has 1 heterocycles. The molecule has 5 heteroatoms. The molecule has 0 aliphatic carbocycles. The molecule has 4 N–H and O–H groups in total. The molecule has 0 aliphatic rings. The fourth-order valence-electron chi connectivity index (χ4n) is 1.66. The maximum Gasteiger partial charge on any atom is 0.269 e. The van der Waals surface area contributed by atoms with E-state index in [1.165, 1.54) is 38.2 Å². The Labute approximate surface area is 102 Å². The molecule has 1 rings (SSSR count). The highest BCUT2D eigenvalue weighted by atomic mass is 16.1. The molecule has 0 aromatic carbocycles. The van der Waals surface area contributed by atoms with Crippen molar-refractivity contribution in [1.29, 1.82) is 0 Å². The van der Waals surface area contributed by atoms with E-state index >= 15 is 0 Å². The van der Waals surface area contributed by atoms with Gasteiger partial charge in [0.25, 0.3) is 5.91 Å². The molecule has 0 aliphatic heterocycles. The van der Waals surface area contributed by atoms with Crippen LogP contribution in [0.5, 0.6) is 0 Å². The number of hydrogen-bond donors (Lipinski definition) is 3. The van der Waals surface area contributed by atoms with Crippen molar-refractivity contribution in [2.24, 2.45) is 0 Å². The molecule has 1 aromatic heterocycles. The van der Waals surface area contributed by atoms with Crippen LogP contribution in [0.4, 0.5) is 5.82 Å². The van der Waals surface area contributed by atoms with Crippen LogP contribution in [0, 0.1) is 0 Å². The van der Waals surface area contributed by atoms with E-state index in [0.717, 1.165) is 6.42 Å². The number of nitrogen functional groups attached to an aromatic ring is 1. The third-order valence-electron chi connectivity index (χ3n) is 2.66. The quantitative estimate of drug-likeness (QED) is 0.606. The van der Waals surface area contributed by atoms with Crippen LogP contribution in [-0.4, -0.2) is 22.6 Å². The summed E-state index contributed by atoms with van der Waals surface area (Å²) < 4.78 is 0. The monoisotopic (exact) mass is 238 g/mol. The number of nitrogens with two attached hydrogens (primary N) is 1. The Morgan fingerprint density at radius 1 is 1.35 bits per heavy atom. The number of H-pyrrole nitrogens is 1. The molecule has 0 unspecified atom stereocenters. The summed E-state index contributed by atoms with van der Waals surface area (Å²) in [5, 5.41) is 9.13. The largest absolute Gasteiger partial charge is 0.382 e. The van der Waals surface area contributed by atoms with Crippen LogP contribution in [0.2, 0.25) is 0 Å². The second-order valence-electron chi connectivity index (χ2n) is 4.23. The van der Waals surface area contributed by atoms with Crippen LogP contribution in [0.15, 0.2) is 6.07 Å². The first-order chi connectivity index (χ1) is 8.24. The Morgan fingerprint density at radius 2 is 2.06 bits per heavy atom. The van der Waals surface area contributed by atoms with Crippen molar-refractivity contribution in [2.45, 2.75) is 45.4 Å². The molecule has 0 spiro atoms. The van der Waals surface area contributed by atoms with Crippen LogP contribution in [0.25, 0.3) is 0 Å². The Morgan fingerprint density at radius 3 is 2.71 bits per heavy atom. The Balaban J connectivity index is 2.05. The number of hydrogen-bond acceptors (Lipinski definition) is 3. The van der Waals surface area contributed by atoms with Crippen molar-refractivity contribution in [3.05, 3.63) is 11.8 Å². The maximum absolute atomic E-state index is 11.6. The summed E-state index contributed by atoms with van der Waals surface area (Å²) in [6.07, 6.45) is 7.31. The normalized spacial score (nSPS) is 10.4. The predicted molar refractivity (Wildman–Crippen MR) is 68.7 cm³/mol. The first-order valence-corrected chi connectivity index (χ1v) is 6.33. The summed E-state index contributed by atoms with van der Waals surface area (Å²) in [5.41, 5.74) is 5.84. The molecule has 1 aromatic rings. The molecule has 0 bridgehead atoms. The molecule has 0 atom stereocenters. The molecular formula is C12H22N4O. The van der Waals surface area contributed by atoms with Crippen molar-refractivity contribution in [3.8, 4) is 0 Å². The fourth-order valence-corrected chi connectivity index (χ4v) is 1.66. The van der Waals surface area contributed by atoms with E-state index in [4.69, 9.17) is 5.73 Å². The van der Waals surface area contributed by atoms with E-state index < -0.39 is 0 Å². The molecule has 96 valence electrons. The molecule has 0 saturated heterocycles. The van der Waals surface area contributed by atoms with Gasteiger partial charge in [0.15, 0.2) is 0 Å². The van der Waals surface area contributed by atoms with E-state index in [9.17, 15) is 4.79 Å². The SMILES string of the molecule is CCCCCCCCNC(=O)c1cc(N)n[nH]1. The highest BCUT2D eigenvalue weighted by molar-refractivity contribution is 5.92. The smallest absolute Gasteiger partial charge is 0.269 e. The van der Waals surface area contributed by atoms with Crippen LogP contribution in [0.3, 0.4) is 0 Å². The number of nitrogens with one attached hydrogen (secondary N) is 2. The maximum atomic E-state index is 11.6. The van der Waals surface area contributed by atoms with Gasteiger partial charge in [0, 0.05) is 12.6 Å². The third-order valence-corrected chi connectivity index (χ3v) is 2.66. The Hall–Kier alpha value is -1.52. The number of carbonyl (C=O) groups is 1. The lowest BCUT2D eigenvalue weighted by atomic mass is 10.1. The van der Waals surface area contributed by atoms with E-state index in [2.05, 4.69) is 22.4 Å². The minimum absolute atomic E-state index is 0.136. The van der Waals surface area contributed by atoms with Crippen LogP contribution >= 0.6 is 0 Å². The number of amides is 1. The van der Waals surface area contributed by atoms with Crippen molar-refractivity contribution >= 4 is 11.7 Å². The number of aromatic nitrogens is 2. The van der Waals surface area contributed by atoms with Gasteiger partial charge in [-0.15, -0.1) is 0 Å². The molecule has 1 amide bonds. The van der Waals surface area contributed by atoms with Crippen molar-refractivity contribution in [1.82, 2.24) is 15.5 Å². The number of anilines is 1. The minimum Gasteiger partial charge on any atom is -0.382 e. The summed E-state index contributed by atoms with van der Waals surface area (Å²) in [4.78, 5) is 11.6. The van der Waals surface area contributed by atoms with E-state index in [1.807, 2.05) is 0 Å². The van der Waals surface area contributed by atoms with E-state index in [1.54, 1.807) is 0 Å². The lowest BCUT2D eigenvalue weighted by molar-refractivity contribution is 0.0948. The van der Waals surface area contributed by atoms with Crippen LogP contribution in [0.1, 0.15) is 55.9 Å². The van der Waals surface area contributed by atoms with Crippen molar-refractivity contribution in [2.75, 3.05) is 12.3 Å². The van der Waals surface area contributed by atoms with E-state index in [0.29, 0.717) is 18.1 Å². The minimum atomic E-state index is -0.136. The van der Waals surface area contributed by atoms with Crippen molar-refractivity contribution in [3.63, 3.8) is 0 Å². The molecule has 0 fully saturated rings. The average Bonchev–Trinajstić information content (AvgIpc) is 2.74. The zero-order valence-electron chi connectivity index (χ0n) is 10.5. The van der Waals surface area contributed by atoms with Crippen LogP contribution in [-0.2, 0) is 0 Å². The van der Waals surface area contributed by atoms with Gasteiger partial charge in [-0.3, -0.25) is 9.89 Å². The molecular weight excluding hydrogens is 216 g/mol. The molecule has 5 nitrogen and oxygen atoms in total. The highest BCUT2D eigenvalue weighted by Gasteiger charge is 2.06.